The molecule has 5 heteroatoms. The first-order chi connectivity index (χ1) is 11.3. The number of hydrogen-bond acceptors (Lipinski definition) is 3. The van der Waals surface area contributed by atoms with Gasteiger partial charge in [-0.3, -0.25) is 0 Å². The van der Waals surface area contributed by atoms with Crippen molar-refractivity contribution in [2.45, 2.75) is 64.1 Å². The summed E-state index contributed by atoms with van der Waals surface area (Å²) in [6.45, 7) is 6.02. The van der Waals surface area contributed by atoms with Gasteiger partial charge in [-0.2, -0.15) is 0 Å². The molecule has 0 aromatic carbocycles. The van der Waals surface area contributed by atoms with E-state index < -0.39 is 0 Å². The molecule has 1 saturated heterocycles. The molecule has 1 saturated carbocycles. The van der Waals surface area contributed by atoms with E-state index in [1.807, 2.05) is 17.0 Å². The Morgan fingerprint density at radius 3 is 2.65 bits per heavy atom. The Labute approximate surface area is 139 Å². The van der Waals surface area contributed by atoms with Crippen LogP contribution in [-0.4, -0.2) is 47.5 Å². The topological polar surface area (TPSA) is 48.7 Å². The first kappa shape index (κ1) is 16.4. The lowest BCUT2D eigenvalue weighted by Gasteiger charge is -2.38. The number of rotatable bonds is 5. The number of urea groups is 1. The normalized spacial score (nSPS) is 20.7. The smallest absolute Gasteiger partial charge is 0.318 e. The highest BCUT2D eigenvalue weighted by Crippen LogP contribution is 2.22. The molecule has 0 atom stereocenters. The maximum atomic E-state index is 12.8. The van der Waals surface area contributed by atoms with E-state index in [0.717, 1.165) is 51.1 Å². The van der Waals surface area contributed by atoms with Gasteiger partial charge in [0, 0.05) is 25.2 Å². The zero-order chi connectivity index (χ0) is 16.1. The largest absolute Gasteiger partial charge is 0.467 e. The van der Waals surface area contributed by atoms with E-state index in [-0.39, 0.29) is 6.03 Å². The lowest BCUT2D eigenvalue weighted by Crippen LogP contribution is -2.51. The highest BCUT2D eigenvalue weighted by Gasteiger charge is 2.29. The molecule has 5 nitrogen and oxygen atoms in total. The number of furan rings is 1. The number of hydrogen-bond donors (Lipinski definition) is 1. The van der Waals surface area contributed by atoms with Crippen LogP contribution in [0.1, 0.15) is 51.2 Å². The number of carbonyl (C=O) groups is 1. The van der Waals surface area contributed by atoms with E-state index in [1.165, 1.54) is 12.8 Å². The number of amides is 2. The fourth-order valence-electron chi connectivity index (χ4n) is 3.81. The maximum absolute atomic E-state index is 12.8. The predicted molar refractivity (Wildman–Crippen MR) is 90.2 cm³/mol. The third-order valence-corrected chi connectivity index (χ3v) is 5.30. The molecule has 2 aliphatic rings. The molecule has 0 spiro atoms. The first-order valence-corrected chi connectivity index (χ1v) is 9.08. The fourth-order valence-corrected chi connectivity index (χ4v) is 3.81. The van der Waals surface area contributed by atoms with Crippen molar-refractivity contribution < 1.29 is 9.21 Å². The lowest BCUT2D eigenvalue weighted by molar-refractivity contribution is 0.113. The second-order valence-electron chi connectivity index (χ2n) is 6.80. The van der Waals surface area contributed by atoms with Crippen LogP contribution in [0.4, 0.5) is 4.79 Å². The Hall–Kier alpha value is -1.49. The van der Waals surface area contributed by atoms with Gasteiger partial charge in [-0.15, -0.1) is 0 Å². The van der Waals surface area contributed by atoms with E-state index in [9.17, 15) is 4.79 Å². The third kappa shape index (κ3) is 4.28. The zero-order valence-corrected chi connectivity index (χ0v) is 14.2. The molecule has 1 aliphatic heterocycles. The average molecular weight is 319 g/mol. The van der Waals surface area contributed by atoms with Crippen LogP contribution in [0, 0.1) is 0 Å². The minimum atomic E-state index is 0.0863. The van der Waals surface area contributed by atoms with E-state index in [2.05, 4.69) is 17.1 Å². The second-order valence-corrected chi connectivity index (χ2v) is 6.80. The SMILES string of the molecule is CCN1CCC(N(Cc2ccco2)C(=O)NC2CCCC2)CC1. The van der Waals surface area contributed by atoms with Gasteiger partial charge in [0.25, 0.3) is 0 Å². The predicted octanol–water partition coefficient (Wildman–Crippen LogP) is 3.22. The molecule has 1 aliphatic carbocycles. The third-order valence-electron chi connectivity index (χ3n) is 5.30. The molecule has 2 heterocycles. The van der Waals surface area contributed by atoms with E-state index in [1.54, 1.807) is 6.26 Å². The number of piperidine rings is 1. The summed E-state index contributed by atoms with van der Waals surface area (Å²) in [6, 6.07) is 4.60. The van der Waals surface area contributed by atoms with Crippen LogP contribution < -0.4 is 5.32 Å². The van der Waals surface area contributed by atoms with Gasteiger partial charge in [0.05, 0.1) is 12.8 Å². The number of nitrogens with zero attached hydrogens (tertiary/aromatic N) is 2. The average Bonchev–Trinajstić information content (AvgIpc) is 3.26. The van der Waals surface area contributed by atoms with Crippen molar-refractivity contribution in [3.8, 4) is 0 Å². The Morgan fingerprint density at radius 1 is 1.30 bits per heavy atom. The minimum absolute atomic E-state index is 0.0863. The van der Waals surface area contributed by atoms with E-state index in [0.29, 0.717) is 18.6 Å². The molecule has 1 aromatic rings. The molecule has 0 radical (unpaired) electrons. The summed E-state index contributed by atoms with van der Waals surface area (Å²) in [5.74, 6) is 0.865. The van der Waals surface area contributed by atoms with Crippen molar-refractivity contribution in [1.82, 2.24) is 15.1 Å². The van der Waals surface area contributed by atoms with Crippen molar-refractivity contribution >= 4 is 6.03 Å². The van der Waals surface area contributed by atoms with Gasteiger partial charge >= 0.3 is 6.03 Å². The van der Waals surface area contributed by atoms with Gasteiger partial charge in [0.2, 0.25) is 0 Å². The first-order valence-electron chi connectivity index (χ1n) is 9.08. The Balaban J connectivity index is 1.64. The molecule has 128 valence electrons. The summed E-state index contributed by atoms with van der Waals surface area (Å²) in [6.07, 6.45) is 8.49. The van der Waals surface area contributed by atoms with Crippen LogP contribution in [-0.2, 0) is 6.54 Å². The second kappa shape index (κ2) is 7.86. The molecule has 2 amide bonds. The van der Waals surface area contributed by atoms with Gasteiger partial charge in [0.15, 0.2) is 0 Å². The summed E-state index contributed by atoms with van der Waals surface area (Å²) >= 11 is 0. The van der Waals surface area contributed by atoms with Crippen molar-refractivity contribution in [3.05, 3.63) is 24.2 Å². The van der Waals surface area contributed by atoms with Crippen molar-refractivity contribution in [2.24, 2.45) is 0 Å². The number of carbonyl (C=O) groups excluding carboxylic acids is 1. The van der Waals surface area contributed by atoms with Crippen molar-refractivity contribution in [1.29, 1.82) is 0 Å². The van der Waals surface area contributed by atoms with Crippen LogP contribution in [0.3, 0.4) is 0 Å². The Bertz CT molecular complexity index is 474. The van der Waals surface area contributed by atoms with Gasteiger partial charge in [-0.25, -0.2) is 4.79 Å². The van der Waals surface area contributed by atoms with Crippen molar-refractivity contribution in [3.63, 3.8) is 0 Å². The highest BCUT2D eigenvalue weighted by molar-refractivity contribution is 5.75. The molecule has 1 aromatic heterocycles. The summed E-state index contributed by atoms with van der Waals surface area (Å²) < 4.78 is 5.49. The number of nitrogens with one attached hydrogen (secondary N) is 1. The Kier molecular flexibility index (Phi) is 5.60. The standard InChI is InChI=1S/C18H29N3O2/c1-2-20-11-9-16(10-12-20)21(14-17-8-5-13-23-17)18(22)19-15-6-3-4-7-15/h5,8,13,15-16H,2-4,6-7,9-12,14H2,1H3,(H,19,22). The van der Waals surface area contributed by atoms with Crippen LogP contribution in [0.15, 0.2) is 22.8 Å². The zero-order valence-electron chi connectivity index (χ0n) is 14.2. The maximum Gasteiger partial charge on any atom is 0.318 e. The molecular formula is C18H29N3O2. The summed E-state index contributed by atoms with van der Waals surface area (Å²) in [5, 5.41) is 3.25. The minimum Gasteiger partial charge on any atom is -0.467 e. The van der Waals surface area contributed by atoms with E-state index in [4.69, 9.17) is 4.42 Å². The molecule has 23 heavy (non-hydrogen) atoms. The number of likely N-dealkylation sites (tertiary alicyclic amines) is 1. The molecular weight excluding hydrogens is 290 g/mol. The van der Waals surface area contributed by atoms with Crippen LogP contribution >= 0.6 is 0 Å². The molecule has 2 fully saturated rings. The van der Waals surface area contributed by atoms with Crippen molar-refractivity contribution in [2.75, 3.05) is 19.6 Å². The van der Waals surface area contributed by atoms with Crippen LogP contribution in [0.25, 0.3) is 0 Å². The molecule has 3 rings (SSSR count). The fraction of sp³-hybridized carbons (Fsp3) is 0.722. The van der Waals surface area contributed by atoms with Gasteiger partial charge in [-0.05, 0) is 44.4 Å². The Morgan fingerprint density at radius 2 is 2.04 bits per heavy atom. The quantitative estimate of drug-likeness (QED) is 0.906. The van der Waals surface area contributed by atoms with Crippen LogP contribution in [0.2, 0.25) is 0 Å². The molecule has 0 bridgehead atoms. The van der Waals surface area contributed by atoms with E-state index >= 15 is 0 Å². The van der Waals surface area contributed by atoms with Gasteiger partial charge < -0.3 is 19.5 Å². The highest BCUT2D eigenvalue weighted by atomic mass is 16.3. The summed E-state index contributed by atoms with van der Waals surface area (Å²) in [4.78, 5) is 17.3. The van der Waals surface area contributed by atoms with Gasteiger partial charge in [0.1, 0.15) is 5.76 Å². The lowest BCUT2D eigenvalue weighted by atomic mass is 10.0. The monoisotopic (exact) mass is 319 g/mol. The summed E-state index contributed by atoms with van der Waals surface area (Å²) in [7, 11) is 0. The van der Waals surface area contributed by atoms with Crippen LogP contribution in [0.5, 0.6) is 0 Å². The summed E-state index contributed by atoms with van der Waals surface area (Å²) in [5.41, 5.74) is 0. The van der Waals surface area contributed by atoms with Gasteiger partial charge in [-0.1, -0.05) is 19.8 Å². The molecule has 0 unspecified atom stereocenters. The molecule has 1 N–H and O–H groups in total.